The summed E-state index contributed by atoms with van der Waals surface area (Å²) in [5.41, 5.74) is 1.56. The molecule has 1 aliphatic heterocycles. The summed E-state index contributed by atoms with van der Waals surface area (Å²) < 4.78 is 6.27. The smallest absolute Gasteiger partial charge is 0.224 e. The van der Waals surface area contributed by atoms with E-state index in [1.54, 1.807) is 6.20 Å². The number of ether oxygens (including phenoxy) is 1. The van der Waals surface area contributed by atoms with Crippen LogP contribution < -0.4 is 5.32 Å². The van der Waals surface area contributed by atoms with Crippen molar-refractivity contribution < 1.29 is 9.53 Å². The average molecular weight is 335 g/mol. The fourth-order valence-electron chi connectivity index (χ4n) is 2.45. The molecule has 104 valence electrons. The quantitative estimate of drug-likeness (QED) is 0.936. The minimum atomic E-state index is 0.0229. The molecule has 3 rings (SSSR count). The maximum absolute atomic E-state index is 12.1. The molecular weight excluding hydrogens is 320 g/mol. The lowest BCUT2D eigenvalue weighted by Crippen LogP contribution is -2.17. The fourth-order valence-corrected chi connectivity index (χ4v) is 2.90. The Bertz CT molecular complexity index is 639. The van der Waals surface area contributed by atoms with Crippen molar-refractivity contribution in [1.29, 1.82) is 0 Å². The predicted molar refractivity (Wildman–Crippen MR) is 81.6 cm³/mol. The van der Waals surface area contributed by atoms with Crippen LogP contribution in [0.4, 0.5) is 5.69 Å². The van der Waals surface area contributed by atoms with Gasteiger partial charge in [0.2, 0.25) is 5.91 Å². The second-order valence-electron chi connectivity index (χ2n) is 4.98. The lowest BCUT2D eigenvalue weighted by Gasteiger charge is -2.11. The minimum Gasteiger partial charge on any atom is -0.381 e. The lowest BCUT2D eigenvalue weighted by molar-refractivity contribution is -0.117. The van der Waals surface area contributed by atoms with E-state index in [9.17, 15) is 4.79 Å². The van der Waals surface area contributed by atoms with Gasteiger partial charge in [0.05, 0.1) is 11.2 Å². The number of halogens is 1. The van der Waals surface area contributed by atoms with Gasteiger partial charge in [0, 0.05) is 35.7 Å². The van der Waals surface area contributed by atoms with Crippen LogP contribution in [0, 0.1) is 5.92 Å². The van der Waals surface area contributed by atoms with E-state index in [-0.39, 0.29) is 5.91 Å². The number of amides is 1. The van der Waals surface area contributed by atoms with Crippen LogP contribution in [0.25, 0.3) is 10.9 Å². The summed E-state index contributed by atoms with van der Waals surface area (Å²) in [6, 6.07) is 7.67. The Morgan fingerprint density at radius 1 is 1.45 bits per heavy atom. The highest BCUT2D eigenvalue weighted by atomic mass is 79.9. The number of nitrogens with zero attached hydrogens (tertiary/aromatic N) is 1. The van der Waals surface area contributed by atoms with Crippen LogP contribution >= 0.6 is 15.9 Å². The Labute approximate surface area is 125 Å². The van der Waals surface area contributed by atoms with E-state index in [0.29, 0.717) is 18.9 Å². The van der Waals surface area contributed by atoms with Crippen molar-refractivity contribution >= 4 is 38.4 Å². The first-order chi connectivity index (χ1) is 9.74. The molecule has 2 heterocycles. The van der Waals surface area contributed by atoms with E-state index in [1.807, 2.05) is 24.3 Å². The van der Waals surface area contributed by atoms with Gasteiger partial charge in [0.15, 0.2) is 0 Å². The van der Waals surface area contributed by atoms with E-state index < -0.39 is 0 Å². The Morgan fingerprint density at radius 3 is 3.15 bits per heavy atom. The molecule has 4 nitrogen and oxygen atoms in total. The zero-order valence-corrected chi connectivity index (χ0v) is 12.5. The Hall–Kier alpha value is -1.46. The van der Waals surface area contributed by atoms with Crippen LogP contribution in [-0.2, 0) is 9.53 Å². The molecule has 1 fully saturated rings. The van der Waals surface area contributed by atoms with Gasteiger partial charge in [-0.2, -0.15) is 0 Å². The normalized spacial score (nSPS) is 18.4. The number of anilines is 1. The number of carbonyl (C=O) groups excluding carboxylic acids is 1. The van der Waals surface area contributed by atoms with Gasteiger partial charge >= 0.3 is 0 Å². The molecule has 1 atom stereocenters. The van der Waals surface area contributed by atoms with Crippen molar-refractivity contribution in [2.45, 2.75) is 12.8 Å². The fraction of sp³-hybridized carbons (Fsp3) is 0.333. The lowest BCUT2D eigenvalue weighted by atomic mass is 10.0. The van der Waals surface area contributed by atoms with E-state index >= 15 is 0 Å². The predicted octanol–water partition coefficient (Wildman–Crippen LogP) is 3.36. The van der Waals surface area contributed by atoms with Crippen molar-refractivity contribution in [3.05, 3.63) is 34.9 Å². The second kappa shape index (κ2) is 5.89. The zero-order chi connectivity index (χ0) is 13.9. The third kappa shape index (κ3) is 2.83. The molecule has 0 saturated carbocycles. The summed E-state index contributed by atoms with van der Waals surface area (Å²) >= 11 is 3.50. The van der Waals surface area contributed by atoms with Crippen LogP contribution in [0.1, 0.15) is 12.8 Å². The maximum Gasteiger partial charge on any atom is 0.224 e. The van der Waals surface area contributed by atoms with Gasteiger partial charge in [-0.1, -0.05) is 22.0 Å². The molecule has 1 aromatic heterocycles. The summed E-state index contributed by atoms with van der Waals surface area (Å²) in [5, 5.41) is 3.96. The number of nitrogens with one attached hydrogen (secondary N) is 1. The molecule has 2 aromatic rings. The second-order valence-corrected chi connectivity index (χ2v) is 5.83. The van der Waals surface area contributed by atoms with E-state index in [2.05, 4.69) is 26.2 Å². The number of hydrogen-bond acceptors (Lipinski definition) is 3. The summed E-state index contributed by atoms with van der Waals surface area (Å²) in [4.78, 5) is 16.4. The molecule has 0 spiro atoms. The Balaban J connectivity index is 1.80. The number of benzene rings is 1. The van der Waals surface area contributed by atoms with Crippen molar-refractivity contribution in [1.82, 2.24) is 4.98 Å². The van der Waals surface area contributed by atoms with Gasteiger partial charge in [0.25, 0.3) is 0 Å². The molecule has 1 amide bonds. The summed E-state index contributed by atoms with van der Waals surface area (Å²) in [5.74, 6) is 0.361. The average Bonchev–Trinajstić information content (AvgIpc) is 2.95. The molecular formula is C15H15BrN2O2. The van der Waals surface area contributed by atoms with Crippen LogP contribution in [-0.4, -0.2) is 24.1 Å². The van der Waals surface area contributed by atoms with Gasteiger partial charge in [-0.05, 0) is 30.5 Å². The summed E-state index contributed by atoms with van der Waals surface area (Å²) in [6.07, 6.45) is 3.20. The molecule has 1 aliphatic rings. The van der Waals surface area contributed by atoms with Crippen molar-refractivity contribution in [2.24, 2.45) is 5.92 Å². The SMILES string of the molecule is O=C(C[C@H]1CCOC1)Nc1ccc(Br)c2cccnc12. The van der Waals surface area contributed by atoms with Gasteiger partial charge in [-0.15, -0.1) is 0 Å². The molecule has 20 heavy (non-hydrogen) atoms. The molecule has 5 heteroatoms. The molecule has 1 N–H and O–H groups in total. The number of fused-ring (bicyclic) bond motifs is 1. The summed E-state index contributed by atoms with van der Waals surface area (Å²) in [7, 11) is 0. The molecule has 0 bridgehead atoms. The van der Waals surface area contributed by atoms with E-state index in [0.717, 1.165) is 34.1 Å². The highest BCUT2D eigenvalue weighted by molar-refractivity contribution is 9.10. The topological polar surface area (TPSA) is 51.2 Å². The van der Waals surface area contributed by atoms with Crippen LogP contribution in [0.5, 0.6) is 0 Å². The van der Waals surface area contributed by atoms with Gasteiger partial charge < -0.3 is 10.1 Å². The standard InChI is InChI=1S/C15H15BrN2O2/c16-12-3-4-13(15-11(12)2-1-6-17-15)18-14(19)8-10-5-7-20-9-10/h1-4,6,10H,5,7-9H2,(H,18,19)/t10-/m1/s1. The highest BCUT2D eigenvalue weighted by Crippen LogP contribution is 2.28. The van der Waals surface area contributed by atoms with Gasteiger partial charge in [-0.25, -0.2) is 0 Å². The molecule has 0 unspecified atom stereocenters. The maximum atomic E-state index is 12.1. The molecule has 1 saturated heterocycles. The first kappa shape index (κ1) is 13.5. The van der Waals surface area contributed by atoms with E-state index in [4.69, 9.17) is 4.74 Å². The number of carbonyl (C=O) groups is 1. The number of hydrogen-bond donors (Lipinski definition) is 1. The van der Waals surface area contributed by atoms with Crippen molar-refractivity contribution in [3.8, 4) is 0 Å². The molecule has 1 aromatic carbocycles. The Morgan fingerprint density at radius 2 is 2.35 bits per heavy atom. The molecule has 0 radical (unpaired) electrons. The molecule has 0 aliphatic carbocycles. The van der Waals surface area contributed by atoms with Crippen LogP contribution in [0.3, 0.4) is 0 Å². The van der Waals surface area contributed by atoms with Crippen molar-refractivity contribution in [3.63, 3.8) is 0 Å². The minimum absolute atomic E-state index is 0.0229. The number of rotatable bonds is 3. The first-order valence-corrected chi connectivity index (χ1v) is 7.44. The Kier molecular flexibility index (Phi) is 3.98. The number of aromatic nitrogens is 1. The number of pyridine rings is 1. The third-order valence-corrected chi connectivity index (χ3v) is 4.18. The largest absolute Gasteiger partial charge is 0.381 e. The zero-order valence-electron chi connectivity index (χ0n) is 10.9. The van der Waals surface area contributed by atoms with Crippen LogP contribution in [0.15, 0.2) is 34.9 Å². The first-order valence-electron chi connectivity index (χ1n) is 6.65. The monoisotopic (exact) mass is 334 g/mol. The van der Waals surface area contributed by atoms with Gasteiger partial charge in [0.1, 0.15) is 0 Å². The third-order valence-electron chi connectivity index (χ3n) is 3.49. The highest BCUT2D eigenvalue weighted by Gasteiger charge is 2.19. The summed E-state index contributed by atoms with van der Waals surface area (Å²) in [6.45, 7) is 1.45. The van der Waals surface area contributed by atoms with Crippen molar-refractivity contribution in [2.75, 3.05) is 18.5 Å². The van der Waals surface area contributed by atoms with Gasteiger partial charge in [-0.3, -0.25) is 9.78 Å². The van der Waals surface area contributed by atoms with E-state index in [1.165, 1.54) is 0 Å². The van der Waals surface area contributed by atoms with Crippen LogP contribution in [0.2, 0.25) is 0 Å².